The molecule has 9 nitrogen and oxygen atoms in total. The first-order chi connectivity index (χ1) is 20.3. The molecule has 0 aliphatic carbocycles. The SMILES string of the molecule is CC(=O)SC(=NC=N)C1CCN(c2nc(C)cs2)CC1NC(=O)c1ccc(OCc2cc(C)nc3ccccc23)cc1. The summed E-state index contributed by atoms with van der Waals surface area (Å²) >= 11 is 2.59. The number of hydrogen-bond acceptors (Lipinski definition) is 9. The summed E-state index contributed by atoms with van der Waals surface area (Å²) < 4.78 is 6.07. The van der Waals surface area contributed by atoms with Crippen LogP contribution in [0.3, 0.4) is 0 Å². The van der Waals surface area contributed by atoms with Crippen molar-refractivity contribution >= 4 is 61.5 Å². The first-order valence-corrected chi connectivity index (χ1v) is 15.3. The average molecular weight is 601 g/mol. The Morgan fingerprint density at radius 3 is 2.67 bits per heavy atom. The zero-order valence-corrected chi connectivity index (χ0v) is 25.3. The second kappa shape index (κ2) is 13.3. The van der Waals surface area contributed by atoms with E-state index in [0.717, 1.165) is 51.1 Å². The number of ether oxygens (including phenoxy) is 1. The zero-order chi connectivity index (χ0) is 29.6. The van der Waals surface area contributed by atoms with Gasteiger partial charge in [0.15, 0.2) is 10.2 Å². The number of hydrogen-bond donors (Lipinski definition) is 2. The molecule has 2 atom stereocenters. The highest BCUT2D eigenvalue weighted by molar-refractivity contribution is 8.26. The third-order valence-electron chi connectivity index (χ3n) is 7.00. The Morgan fingerprint density at radius 2 is 1.95 bits per heavy atom. The summed E-state index contributed by atoms with van der Waals surface area (Å²) in [6, 6.07) is 16.8. The number of para-hydroxylation sites is 1. The molecular formula is C31H32N6O3S2. The van der Waals surface area contributed by atoms with Gasteiger partial charge in [0.25, 0.3) is 5.91 Å². The van der Waals surface area contributed by atoms with Crippen LogP contribution in [-0.2, 0) is 11.4 Å². The summed E-state index contributed by atoms with van der Waals surface area (Å²) in [6.07, 6.45) is 1.61. The molecule has 5 rings (SSSR count). The van der Waals surface area contributed by atoms with Gasteiger partial charge in [0.1, 0.15) is 18.7 Å². The lowest BCUT2D eigenvalue weighted by Crippen LogP contribution is -2.54. The van der Waals surface area contributed by atoms with Crippen molar-refractivity contribution in [3.05, 3.63) is 82.5 Å². The molecule has 11 heteroatoms. The Kier molecular flexibility index (Phi) is 9.28. The third-order valence-corrected chi connectivity index (χ3v) is 8.93. The topological polar surface area (TPSA) is 121 Å². The summed E-state index contributed by atoms with van der Waals surface area (Å²) in [4.78, 5) is 41.0. The van der Waals surface area contributed by atoms with Gasteiger partial charge >= 0.3 is 0 Å². The van der Waals surface area contributed by atoms with Crippen molar-refractivity contribution in [1.82, 2.24) is 15.3 Å². The fourth-order valence-corrected chi connectivity index (χ4v) is 6.77. The maximum absolute atomic E-state index is 13.4. The molecule has 0 bridgehead atoms. The highest BCUT2D eigenvalue weighted by Gasteiger charge is 2.35. The number of rotatable bonds is 8. The average Bonchev–Trinajstić information content (AvgIpc) is 3.42. The first kappa shape index (κ1) is 29.4. The maximum Gasteiger partial charge on any atom is 0.251 e. The number of anilines is 1. The lowest BCUT2D eigenvalue weighted by atomic mass is 9.92. The molecule has 4 aromatic rings. The van der Waals surface area contributed by atoms with Crippen LogP contribution in [0.25, 0.3) is 10.9 Å². The van der Waals surface area contributed by atoms with Crippen molar-refractivity contribution in [1.29, 1.82) is 5.41 Å². The molecule has 1 aliphatic heterocycles. The second-order valence-corrected chi connectivity index (χ2v) is 12.2. The van der Waals surface area contributed by atoms with Crippen molar-refractivity contribution in [3.8, 4) is 5.75 Å². The summed E-state index contributed by atoms with van der Waals surface area (Å²) in [5, 5.41) is 15.1. The zero-order valence-electron chi connectivity index (χ0n) is 23.7. The number of piperidine rings is 1. The molecule has 1 aliphatic rings. The summed E-state index contributed by atoms with van der Waals surface area (Å²) in [5.74, 6) is 0.221. The lowest BCUT2D eigenvalue weighted by molar-refractivity contribution is -0.109. The van der Waals surface area contributed by atoms with Crippen molar-refractivity contribution < 1.29 is 14.3 Å². The quantitative estimate of drug-likeness (QED) is 0.194. The predicted octanol–water partition coefficient (Wildman–Crippen LogP) is 5.80. The van der Waals surface area contributed by atoms with E-state index in [1.54, 1.807) is 35.6 Å². The van der Waals surface area contributed by atoms with Crippen LogP contribution in [0.2, 0.25) is 0 Å². The highest BCUT2D eigenvalue weighted by atomic mass is 32.2. The van der Waals surface area contributed by atoms with Gasteiger partial charge < -0.3 is 15.0 Å². The van der Waals surface area contributed by atoms with Crippen LogP contribution in [0.5, 0.6) is 5.75 Å². The van der Waals surface area contributed by atoms with Gasteiger partial charge in [-0.2, -0.15) is 0 Å². The molecule has 2 aromatic heterocycles. The van der Waals surface area contributed by atoms with Gasteiger partial charge in [0.05, 0.1) is 22.3 Å². The van der Waals surface area contributed by atoms with Crippen LogP contribution in [0.4, 0.5) is 5.13 Å². The molecular weight excluding hydrogens is 569 g/mol. The van der Waals surface area contributed by atoms with E-state index in [-0.39, 0.29) is 23.0 Å². The van der Waals surface area contributed by atoms with E-state index in [1.807, 2.05) is 49.6 Å². The van der Waals surface area contributed by atoms with Crippen molar-refractivity contribution in [2.45, 2.75) is 39.8 Å². The number of benzene rings is 2. The van der Waals surface area contributed by atoms with E-state index in [4.69, 9.17) is 10.1 Å². The number of thioether (sulfide) groups is 1. The lowest BCUT2D eigenvalue weighted by Gasteiger charge is -2.39. The monoisotopic (exact) mass is 600 g/mol. The number of carbonyl (C=O) groups excluding carboxylic acids is 2. The normalized spacial score (nSPS) is 17.2. The largest absolute Gasteiger partial charge is 0.489 e. The van der Waals surface area contributed by atoms with E-state index in [1.165, 1.54) is 6.92 Å². The summed E-state index contributed by atoms with van der Waals surface area (Å²) in [6.45, 7) is 7.01. The Balaban J connectivity index is 1.30. The van der Waals surface area contributed by atoms with Gasteiger partial charge in [0.2, 0.25) is 0 Å². The van der Waals surface area contributed by atoms with E-state index >= 15 is 0 Å². The van der Waals surface area contributed by atoms with Gasteiger partial charge in [-0.3, -0.25) is 20.0 Å². The number of carbonyl (C=O) groups is 2. The van der Waals surface area contributed by atoms with Crippen LogP contribution in [0, 0.1) is 25.2 Å². The third kappa shape index (κ3) is 7.03. The van der Waals surface area contributed by atoms with Gasteiger partial charge in [-0.05, 0) is 68.4 Å². The number of aryl methyl sites for hydroxylation is 2. The number of amides is 1. The van der Waals surface area contributed by atoms with E-state index in [9.17, 15) is 9.59 Å². The molecule has 2 aromatic carbocycles. The molecule has 0 saturated carbocycles. The number of nitrogens with one attached hydrogen (secondary N) is 2. The van der Waals surface area contributed by atoms with Crippen LogP contribution in [-0.4, -0.2) is 51.5 Å². The standard InChI is InChI=1S/C31H32N6O3S2/c1-19-14-23(25-6-4-5-7-27(25)34-19)16-40-24-10-8-22(9-11-24)29(39)36-28-15-37(31-35-20(2)17-41-31)13-12-26(28)30(33-18-32)42-21(3)38/h4-11,14,17-18,26,28,32H,12-13,15-16H2,1-3H3,(H,36,39). The number of thiazole rings is 1. The molecule has 2 N–H and O–H groups in total. The minimum atomic E-state index is -0.333. The van der Waals surface area contributed by atoms with Gasteiger partial charge in [-0.25, -0.2) is 9.98 Å². The number of nitrogens with zero attached hydrogens (tertiary/aromatic N) is 4. The van der Waals surface area contributed by atoms with Gasteiger partial charge in [-0.1, -0.05) is 18.2 Å². The van der Waals surface area contributed by atoms with E-state index in [2.05, 4.69) is 25.2 Å². The van der Waals surface area contributed by atoms with Gasteiger partial charge in [0, 0.05) is 53.5 Å². The van der Waals surface area contributed by atoms with Gasteiger partial charge in [-0.15, -0.1) is 11.3 Å². The minimum Gasteiger partial charge on any atom is -0.489 e. The summed E-state index contributed by atoms with van der Waals surface area (Å²) in [5.41, 5.74) is 4.36. The highest BCUT2D eigenvalue weighted by Crippen LogP contribution is 2.30. The number of aromatic nitrogens is 2. The van der Waals surface area contributed by atoms with Crippen LogP contribution < -0.4 is 15.0 Å². The second-order valence-electron chi connectivity index (χ2n) is 10.1. The molecule has 42 heavy (non-hydrogen) atoms. The Bertz CT molecular complexity index is 1640. The van der Waals surface area contributed by atoms with Crippen LogP contribution in [0.15, 0.2) is 65.0 Å². The van der Waals surface area contributed by atoms with Crippen LogP contribution in [0.1, 0.15) is 40.7 Å². The molecule has 216 valence electrons. The minimum absolute atomic E-state index is 0.107. The van der Waals surface area contributed by atoms with Crippen LogP contribution >= 0.6 is 23.1 Å². The molecule has 3 heterocycles. The summed E-state index contributed by atoms with van der Waals surface area (Å²) in [7, 11) is 0. The number of aliphatic imine (C=N–C) groups is 1. The Hall–Kier alpha value is -4.09. The molecule has 1 amide bonds. The van der Waals surface area contributed by atoms with Crippen molar-refractivity contribution in [3.63, 3.8) is 0 Å². The molecule has 1 saturated heterocycles. The molecule has 0 radical (unpaired) electrons. The molecule has 1 fully saturated rings. The van der Waals surface area contributed by atoms with E-state index in [0.29, 0.717) is 42.5 Å². The fourth-order valence-electron chi connectivity index (χ4n) is 5.09. The number of pyridine rings is 1. The number of fused-ring (bicyclic) bond motifs is 1. The Morgan fingerprint density at radius 1 is 1.17 bits per heavy atom. The fraction of sp³-hybridized carbons (Fsp3) is 0.290. The maximum atomic E-state index is 13.4. The predicted molar refractivity (Wildman–Crippen MR) is 170 cm³/mol. The first-order valence-electron chi connectivity index (χ1n) is 13.6. The smallest absolute Gasteiger partial charge is 0.251 e. The van der Waals surface area contributed by atoms with Crippen molar-refractivity contribution in [2.75, 3.05) is 18.0 Å². The molecule has 0 spiro atoms. The van der Waals surface area contributed by atoms with Crippen molar-refractivity contribution in [2.24, 2.45) is 10.9 Å². The Labute approximate surface area is 252 Å². The molecule has 2 unspecified atom stereocenters. The van der Waals surface area contributed by atoms with E-state index < -0.39 is 0 Å².